The fourth-order valence-electron chi connectivity index (χ4n) is 1.59. The van der Waals surface area contributed by atoms with Crippen molar-refractivity contribution in [3.8, 4) is 0 Å². The summed E-state index contributed by atoms with van der Waals surface area (Å²) in [7, 11) is 0. The minimum atomic E-state index is -0.613. The summed E-state index contributed by atoms with van der Waals surface area (Å²) >= 11 is 0. The number of carbonyl (C=O) groups excluding carboxylic acids is 1. The number of hydrogen-bond donors (Lipinski definition) is 1. The summed E-state index contributed by atoms with van der Waals surface area (Å²) < 4.78 is 5.27. The number of rotatable bonds is 5. The van der Waals surface area contributed by atoms with Crippen molar-refractivity contribution in [1.29, 1.82) is 0 Å². The summed E-state index contributed by atoms with van der Waals surface area (Å²) in [5, 5.41) is 6.94. The first kappa shape index (κ1) is 15.7. The number of amides is 1. The first-order valence-corrected chi connectivity index (χ1v) is 6.82. The van der Waals surface area contributed by atoms with Crippen LogP contribution in [0.1, 0.15) is 72.5 Å². The van der Waals surface area contributed by atoms with Crippen LogP contribution < -0.4 is 5.32 Å². The van der Waals surface area contributed by atoms with Gasteiger partial charge in [-0.3, -0.25) is 4.79 Å². The molecule has 1 amide bonds. The van der Waals surface area contributed by atoms with Gasteiger partial charge in [-0.15, -0.1) is 0 Å². The lowest BCUT2D eigenvalue weighted by Gasteiger charge is -2.22. The Bertz CT molecular complexity index is 430. The Kier molecular flexibility index (Phi) is 4.71. The minimum Gasteiger partial charge on any atom is -0.344 e. The minimum absolute atomic E-state index is 0.0222. The molecule has 19 heavy (non-hydrogen) atoms. The van der Waals surface area contributed by atoms with Crippen LogP contribution in [0.25, 0.3) is 0 Å². The molecule has 0 aliphatic rings. The Morgan fingerprint density at radius 3 is 2.37 bits per heavy atom. The van der Waals surface area contributed by atoms with Gasteiger partial charge in [-0.1, -0.05) is 39.3 Å². The Morgan fingerprint density at radius 1 is 1.26 bits per heavy atom. The van der Waals surface area contributed by atoms with E-state index in [4.69, 9.17) is 4.52 Å². The average Bonchev–Trinajstić information content (AvgIpc) is 2.75. The Balaban J connectivity index is 2.77. The van der Waals surface area contributed by atoms with Gasteiger partial charge in [0.2, 0.25) is 11.8 Å². The van der Waals surface area contributed by atoms with E-state index in [1.54, 1.807) is 0 Å². The van der Waals surface area contributed by atoms with Crippen molar-refractivity contribution >= 4 is 5.91 Å². The van der Waals surface area contributed by atoms with Crippen molar-refractivity contribution in [2.24, 2.45) is 0 Å². The van der Waals surface area contributed by atoms with E-state index >= 15 is 0 Å². The summed E-state index contributed by atoms with van der Waals surface area (Å²) in [4.78, 5) is 16.2. The number of nitrogens with one attached hydrogen (secondary N) is 1. The fraction of sp³-hybridized carbons (Fsp3) is 0.786. The van der Waals surface area contributed by atoms with Crippen LogP contribution >= 0.6 is 0 Å². The normalized spacial score (nSPS) is 12.5. The molecule has 0 saturated carbocycles. The number of aromatic nitrogens is 2. The maximum absolute atomic E-state index is 11.8. The van der Waals surface area contributed by atoms with Crippen LogP contribution in [0.3, 0.4) is 0 Å². The average molecular weight is 267 g/mol. The van der Waals surface area contributed by atoms with Crippen molar-refractivity contribution in [1.82, 2.24) is 15.5 Å². The van der Waals surface area contributed by atoms with Gasteiger partial charge in [0.25, 0.3) is 0 Å². The molecule has 1 N–H and O–H groups in total. The topological polar surface area (TPSA) is 68.0 Å². The summed E-state index contributed by atoms with van der Waals surface area (Å²) in [6, 6.07) is 0. The molecule has 1 aromatic heterocycles. The molecule has 0 aliphatic heterocycles. The second-order valence-corrected chi connectivity index (χ2v) is 6.45. The fourth-order valence-corrected chi connectivity index (χ4v) is 1.59. The van der Waals surface area contributed by atoms with Gasteiger partial charge < -0.3 is 9.84 Å². The standard InChI is InChI=1S/C14H25N3O2/c1-7-8-9-10(18)16-14(5,6)11-15-12(19-17-11)13(2,3)4/h7-9H2,1-6H3,(H,16,18). The predicted octanol–water partition coefficient (Wildman–Crippen LogP) is 2.91. The summed E-state index contributed by atoms with van der Waals surface area (Å²) in [6.07, 6.45) is 2.43. The van der Waals surface area contributed by atoms with Gasteiger partial charge in [-0.05, 0) is 20.3 Å². The van der Waals surface area contributed by atoms with E-state index < -0.39 is 5.54 Å². The van der Waals surface area contributed by atoms with Crippen LogP contribution in [0.5, 0.6) is 0 Å². The molecular weight excluding hydrogens is 242 g/mol. The molecular formula is C14H25N3O2. The Hall–Kier alpha value is -1.39. The molecule has 1 aromatic rings. The van der Waals surface area contributed by atoms with Gasteiger partial charge in [0.1, 0.15) is 0 Å². The number of carbonyl (C=O) groups is 1. The maximum atomic E-state index is 11.8. The lowest BCUT2D eigenvalue weighted by Crippen LogP contribution is -2.41. The molecule has 0 aromatic carbocycles. The molecule has 1 rings (SSSR count). The highest BCUT2D eigenvalue weighted by Crippen LogP contribution is 2.24. The number of unbranched alkanes of at least 4 members (excludes halogenated alkanes) is 1. The molecule has 0 radical (unpaired) electrons. The second-order valence-electron chi connectivity index (χ2n) is 6.45. The van der Waals surface area contributed by atoms with E-state index in [2.05, 4.69) is 22.4 Å². The zero-order valence-corrected chi connectivity index (χ0v) is 12.8. The van der Waals surface area contributed by atoms with Crippen molar-refractivity contribution in [2.75, 3.05) is 0 Å². The monoisotopic (exact) mass is 267 g/mol. The first-order chi connectivity index (χ1) is 8.66. The van der Waals surface area contributed by atoms with E-state index in [1.807, 2.05) is 34.6 Å². The van der Waals surface area contributed by atoms with Crippen molar-refractivity contribution in [3.05, 3.63) is 11.7 Å². The molecule has 1 heterocycles. The number of hydrogen-bond acceptors (Lipinski definition) is 4. The molecule has 5 heteroatoms. The quantitative estimate of drug-likeness (QED) is 0.890. The van der Waals surface area contributed by atoms with Crippen LogP contribution in [0.2, 0.25) is 0 Å². The molecule has 0 atom stereocenters. The molecule has 0 unspecified atom stereocenters. The molecule has 0 spiro atoms. The highest BCUT2D eigenvalue weighted by atomic mass is 16.5. The third kappa shape index (κ3) is 4.33. The van der Waals surface area contributed by atoms with Crippen LogP contribution in [0.15, 0.2) is 4.52 Å². The number of nitrogens with zero attached hydrogens (tertiary/aromatic N) is 2. The lowest BCUT2D eigenvalue weighted by atomic mass is 9.97. The van der Waals surface area contributed by atoms with E-state index in [0.717, 1.165) is 12.8 Å². The van der Waals surface area contributed by atoms with Crippen molar-refractivity contribution < 1.29 is 9.32 Å². The molecule has 5 nitrogen and oxygen atoms in total. The molecule has 108 valence electrons. The summed E-state index contributed by atoms with van der Waals surface area (Å²) in [5.74, 6) is 1.12. The van der Waals surface area contributed by atoms with Gasteiger partial charge in [-0.25, -0.2) is 0 Å². The molecule has 0 aliphatic carbocycles. The van der Waals surface area contributed by atoms with Crippen LogP contribution in [0.4, 0.5) is 0 Å². The predicted molar refractivity (Wildman–Crippen MR) is 73.7 cm³/mol. The molecule has 0 fully saturated rings. The summed E-state index contributed by atoms with van der Waals surface area (Å²) in [6.45, 7) is 11.9. The van der Waals surface area contributed by atoms with E-state index in [9.17, 15) is 4.79 Å². The third-order valence-electron chi connectivity index (χ3n) is 2.84. The van der Waals surface area contributed by atoms with E-state index in [1.165, 1.54) is 0 Å². The zero-order valence-electron chi connectivity index (χ0n) is 12.8. The van der Waals surface area contributed by atoms with Crippen LogP contribution in [0, 0.1) is 0 Å². The largest absolute Gasteiger partial charge is 0.344 e. The highest BCUT2D eigenvalue weighted by Gasteiger charge is 2.31. The van der Waals surface area contributed by atoms with Crippen LogP contribution in [-0.2, 0) is 15.7 Å². The third-order valence-corrected chi connectivity index (χ3v) is 2.84. The van der Waals surface area contributed by atoms with Crippen molar-refractivity contribution in [3.63, 3.8) is 0 Å². The Morgan fingerprint density at radius 2 is 1.89 bits per heavy atom. The molecule has 0 bridgehead atoms. The Labute approximate surface area is 115 Å². The van der Waals surface area contributed by atoms with Gasteiger partial charge in [-0.2, -0.15) is 4.98 Å². The van der Waals surface area contributed by atoms with E-state index in [0.29, 0.717) is 18.1 Å². The smallest absolute Gasteiger partial charge is 0.232 e. The lowest BCUT2D eigenvalue weighted by molar-refractivity contribution is -0.123. The zero-order chi connectivity index (χ0) is 14.7. The summed E-state index contributed by atoms with van der Waals surface area (Å²) in [5.41, 5.74) is -0.800. The maximum Gasteiger partial charge on any atom is 0.232 e. The van der Waals surface area contributed by atoms with Gasteiger partial charge in [0.05, 0.1) is 5.54 Å². The first-order valence-electron chi connectivity index (χ1n) is 6.82. The second kappa shape index (κ2) is 5.72. The van der Waals surface area contributed by atoms with Crippen molar-refractivity contribution in [2.45, 2.75) is 71.8 Å². The highest BCUT2D eigenvalue weighted by molar-refractivity contribution is 5.76. The van der Waals surface area contributed by atoms with Gasteiger partial charge >= 0.3 is 0 Å². The van der Waals surface area contributed by atoms with Gasteiger partial charge in [0.15, 0.2) is 5.82 Å². The SMILES string of the molecule is CCCCC(=O)NC(C)(C)c1noc(C(C)(C)C)n1. The van der Waals surface area contributed by atoms with E-state index in [-0.39, 0.29) is 11.3 Å². The molecule has 0 saturated heterocycles. The van der Waals surface area contributed by atoms with Gasteiger partial charge in [0, 0.05) is 11.8 Å². The van der Waals surface area contributed by atoms with Crippen LogP contribution in [-0.4, -0.2) is 16.0 Å².